The van der Waals surface area contributed by atoms with E-state index in [9.17, 15) is 0 Å². The number of thiophene rings is 1. The van der Waals surface area contributed by atoms with Gasteiger partial charge in [-0.05, 0) is 42.5 Å². The first-order valence-corrected chi connectivity index (χ1v) is 13.4. The SMILES string of the molecule is COc1cncc(-c2ccc(CN[C@H]3CC[C@@H](N(C)c4ncnc5sc(C6COC6)cc45)C3)cc2)c1. The molecule has 7 nitrogen and oxygen atoms in total. The summed E-state index contributed by atoms with van der Waals surface area (Å²) in [4.78, 5) is 18.3. The lowest BCUT2D eigenvalue weighted by atomic mass is 10.1. The zero-order chi connectivity index (χ0) is 24.5. The summed E-state index contributed by atoms with van der Waals surface area (Å²) in [5.41, 5.74) is 3.49. The largest absolute Gasteiger partial charge is 0.495 e. The van der Waals surface area contributed by atoms with E-state index >= 15 is 0 Å². The van der Waals surface area contributed by atoms with Crippen LogP contribution in [0.25, 0.3) is 21.3 Å². The van der Waals surface area contributed by atoms with Crippen LogP contribution in [0.5, 0.6) is 5.75 Å². The van der Waals surface area contributed by atoms with E-state index in [1.807, 2.05) is 12.3 Å². The second-order valence-electron chi connectivity index (χ2n) is 9.77. The van der Waals surface area contributed by atoms with Crippen molar-refractivity contribution in [3.05, 3.63) is 65.6 Å². The van der Waals surface area contributed by atoms with Gasteiger partial charge in [0.05, 0.1) is 31.9 Å². The Hall–Kier alpha value is -3.07. The number of hydrogen-bond donors (Lipinski definition) is 1. The maximum absolute atomic E-state index is 5.39. The molecule has 1 aliphatic heterocycles. The van der Waals surface area contributed by atoms with E-state index in [1.54, 1.807) is 31.0 Å². The van der Waals surface area contributed by atoms with Crippen molar-refractivity contribution in [3.63, 3.8) is 0 Å². The van der Waals surface area contributed by atoms with E-state index in [2.05, 4.69) is 62.5 Å². The van der Waals surface area contributed by atoms with Crippen molar-refractivity contribution >= 4 is 27.4 Å². The van der Waals surface area contributed by atoms with Crippen molar-refractivity contribution in [3.8, 4) is 16.9 Å². The number of anilines is 1. The predicted molar refractivity (Wildman–Crippen MR) is 144 cm³/mol. The van der Waals surface area contributed by atoms with Gasteiger partial charge in [-0.2, -0.15) is 0 Å². The van der Waals surface area contributed by atoms with Gasteiger partial charge in [0.25, 0.3) is 0 Å². The Labute approximate surface area is 215 Å². The van der Waals surface area contributed by atoms with Gasteiger partial charge in [0.2, 0.25) is 0 Å². The molecule has 0 spiro atoms. The smallest absolute Gasteiger partial charge is 0.140 e. The van der Waals surface area contributed by atoms with E-state index < -0.39 is 0 Å². The molecular formula is C28H31N5O2S. The molecule has 0 bridgehead atoms. The highest BCUT2D eigenvalue weighted by Gasteiger charge is 2.30. The summed E-state index contributed by atoms with van der Waals surface area (Å²) >= 11 is 1.78. The van der Waals surface area contributed by atoms with Crippen LogP contribution in [0.2, 0.25) is 0 Å². The van der Waals surface area contributed by atoms with Gasteiger partial charge in [-0.15, -0.1) is 11.3 Å². The Morgan fingerprint density at radius 2 is 1.94 bits per heavy atom. The number of benzene rings is 1. The summed E-state index contributed by atoms with van der Waals surface area (Å²) in [5.74, 6) is 2.34. The fourth-order valence-corrected chi connectivity index (χ4v) is 6.24. The summed E-state index contributed by atoms with van der Waals surface area (Å²) in [7, 11) is 3.85. The topological polar surface area (TPSA) is 72.4 Å². The molecule has 1 aliphatic carbocycles. The lowest BCUT2D eigenvalue weighted by Gasteiger charge is -2.26. The summed E-state index contributed by atoms with van der Waals surface area (Å²) in [6.07, 6.45) is 8.75. The molecule has 4 aromatic rings. The standard InChI is InChI=1S/C28H31N5O2S/c1-33(27-25-11-26(21-15-35-16-21)36-28(25)32-17-31-27)23-8-7-22(10-23)30-12-18-3-5-19(6-4-18)20-9-24(34-2)14-29-13-20/h3-6,9,11,13-14,17,21-23,30H,7-8,10,12,15-16H2,1-2H3/t22-,23+/m0/s1. The van der Waals surface area contributed by atoms with Crippen LogP contribution >= 0.6 is 11.3 Å². The van der Waals surface area contributed by atoms with Gasteiger partial charge in [0, 0.05) is 48.2 Å². The Kier molecular flexibility index (Phi) is 6.56. The molecule has 4 heterocycles. The average Bonchev–Trinajstić information content (AvgIpc) is 3.53. The normalized spacial score (nSPS) is 19.9. The van der Waals surface area contributed by atoms with Gasteiger partial charge in [-0.1, -0.05) is 24.3 Å². The zero-order valence-corrected chi connectivity index (χ0v) is 21.5. The van der Waals surface area contributed by atoms with Gasteiger partial charge in [-0.3, -0.25) is 4.98 Å². The number of methoxy groups -OCH3 is 1. The van der Waals surface area contributed by atoms with Crippen molar-refractivity contribution in [2.24, 2.45) is 0 Å². The lowest BCUT2D eigenvalue weighted by molar-refractivity contribution is 0.00991. The summed E-state index contributed by atoms with van der Waals surface area (Å²) in [6.45, 7) is 2.51. The van der Waals surface area contributed by atoms with Gasteiger partial charge in [0.15, 0.2) is 0 Å². The molecule has 1 aromatic carbocycles. The molecule has 0 radical (unpaired) electrons. The molecule has 0 amide bonds. The van der Waals surface area contributed by atoms with E-state index in [0.29, 0.717) is 18.0 Å². The zero-order valence-electron chi connectivity index (χ0n) is 20.7. The third kappa shape index (κ3) is 4.68. The van der Waals surface area contributed by atoms with Gasteiger partial charge in [-0.25, -0.2) is 9.97 Å². The van der Waals surface area contributed by atoms with Crippen LogP contribution in [0.15, 0.2) is 55.1 Å². The Morgan fingerprint density at radius 1 is 1.08 bits per heavy atom. The maximum Gasteiger partial charge on any atom is 0.140 e. The quantitative estimate of drug-likeness (QED) is 0.363. The highest BCUT2D eigenvalue weighted by atomic mass is 32.1. The number of nitrogens with zero attached hydrogens (tertiary/aromatic N) is 4. The second kappa shape index (κ2) is 10.1. The molecule has 1 saturated heterocycles. The number of hydrogen-bond acceptors (Lipinski definition) is 8. The third-order valence-electron chi connectivity index (χ3n) is 7.49. The molecule has 1 N–H and O–H groups in total. The van der Waals surface area contributed by atoms with Crippen LogP contribution in [-0.2, 0) is 11.3 Å². The van der Waals surface area contributed by atoms with Crippen LogP contribution in [0, 0.1) is 0 Å². The van der Waals surface area contributed by atoms with E-state index in [4.69, 9.17) is 9.47 Å². The van der Waals surface area contributed by atoms with Crippen molar-refractivity contribution in [2.75, 3.05) is 32.3 Å². The molecule has 8 heteroatoms. The number of aromatic nitrogens is 3. The van der Waals surface area contributed by atoms with Crippen molar-refractivity contribution < 1.29 is 9.47 Å². The molecule has 6 rings (SSSR count). The highest BCUT2D eigenvalue weighted by Crippen LogP contribution is 2.38. The first-order valence-electron chi connectivity index (χ1n) is 12.5. The van der Waals surface area contributed by atoms with E-state index in [0.717, 1.165) is 60.1 Å². The average molecular weight is 502 g/mol. The third-order valence-corrected chi connectivity index (χ3v) is 8.69. The number of fused-ring (bicyclic) bond motifs is 1. The van der Waals surface area contributed by atoms with Crippen molar-refractivity contribution in [1.82, 2.24) is 20.3 Å². The fraction of sp³-hybridized carbons (Fsp3) is 0.393. The van der Waals surface area contributed by atoms with Crippen molar-refractivity contribution in [2.45, 2.75) is 43.8 Å². The molecular weight excluding hydrogens is 470 g/mol. The van der Waals surface area contributed by atoms with Crippen LogP contribution in [-0.4, -0.2) is 54.4 Å². The molecule has 2 aliphatic rings. The fourth-order valence-electron chi connectivity index (χ4n) is 5.18. The molecule has 0 unspecified atom stereocenters. The number of rotatable bonds is 8. The van der Waals surface area contributed by atoms with Crippen LogP contribution in [0.4, 0.5) is 5.82 Å². The number of nitrogens with one attached hydrogen (secondary N) is 1. The van der Waals surface area contributed by atoms with Crippen LogP contribution in [0.1, 0.15) is 35.6 Å². The van der Waals surface area contributed by atoms with Crippen molar-refractivity contribution in [1.29, 1.82) is 0 Å². The lowest BCUT2D eigenvalue weighted by Crippen LogP contribution is -2.33. The summed E-state index contributed by atoms with van der Waals surface area (Å²) in [6, 6.07) is 14.0. The number of ether oxygens (including phenoxy) is 2. The maximum atomic E-state index is 5.39. The molecule has 3 aromatic heterocycles. The highest BCUT2D eigenvalue weighted by molar-refractivity contribution is 7.18. The monoisotopic (exact) mass is 501 g/mol. The van der Waals surface area contributed by atoms with Gasteiger partial charge in [0.1, 0.15) is 22.7 Å². The molecule has 1 saturated carbocycles. The van der Waals surface area contributed by atoms with Gasteiger partial charge >= 0.3 is 0 Å². The minimum Gasteiger partial charge on any atom is -0.495 e. The molecule has 2 fully saturated rings. The summed E-state index contributed by atoms with van der Waals surface area (Å²) in [5, 5.41) is 4.96. The Balaban J connectivity index is 1.07. The summed E-state index contributed by atoms with van der Waals surface area (Å²) < 4.78 is 10.7. The first kappa shape index (κ1) is 23.3. The van der Waals surface area contributed by atoms with Gasteiger partial charge < -0.3 is 19.7 Å². The Bertz CT molecular complexity index is 1340. The molecule has 36 heavy (non-hydrogen) atoms. The van der Waals surface area contributed by atoms with Crippen LogP contribution in [0.3, 0.4) is 0 Å². The van der Waals surface area contributed by atoms with E-state index in [-0.39, 0.29) is 0 Å². The predicted octanol–water partition coefficient (Wildman–Crippen LogP) is 5.02. The Morgan fingerprint density at radius 3 is 2.72 bits per heavy atom. The minimum atomic E-state index is 0.471. The first-order chi connectivity index (χ1) is 17.7. The molecule has 2 atom stereocenters. The van der Waals surface area contributed by atoms with E-state index in [1.165, 1.54) is 22.2 Å². The minimum absolute atomic E-state index is 0.471. The molecule has 186 valence electrons. The second-order valence-corrected chi connectivity index (χ2v) is 10.8. The number of pyridine rings is 1. The van der Waals surface area contributed by atoms with Crippen LogP contribution < -0.4 is 15.0 Å².